The van der Waals surface area contributed by atoms with Crippen molar-refractivity contribution in [1.82, 2.24) is 0 Å². The maximum absolute atomic E-state index is 12.5. The molecule has 1 aromatic rings. The molecule has 1 aliphatic rings. The minimum atomic E-state index is -1.67. The van der Waals surface area contributed by atoms with E-state index in [-0.39, 0.29) is 36.6 Å². The van der Waals surface area contributed by atoms with Gasteiger partial charge in [0.05, 0.1) is 12.7 Å². The van der Waals surface area contributed by atoms with E-state index in [1.165, 1.54) is 6.92 Å². The van der Waals surface area contributed by atoms with E-state index in [4.69, 9.17) is 4.74 Å². The maximum Gasteiger partial charge on any atom is 0.164 e. The first kappa shape index (κ1) is 18.6. The van der Waals surface area contributed by atoms with Gasteiger partial charge in [-0.3, -0.25) is 9.59 Å². The number of Topliss-reactive ketones (excluding diaryl/α,β-unsaturated/α-hetero) is 2. The largest absolute Gasteiger partial charge is 0.379 e. The summed E-state index contributed by atoms with van der Waals surface area (Å²) in [6, 6.07) is 8.93. The average Bonchev–Trinajstić information content (AvgIpc) is 2.54. The number of ketones is 2. The van der Waals surface area contributed by atoms with Crippen molar-refractivity contribution >= 4 is 11.6 Å². The van der Waals surface area contributed by atoms with E-state index in [9.17, 15) is 14.7 Å². The van der Waals surface area contributed by atoms with Crippen molar-refractivity contribution in [2.75, 3.05) is 6.61 Å². The number of ether oxygens (including phenoxy) is 1. The Hall–Kier alpha value is -1.78. The Bertz CT molecular complexity index is 605. The van der Waals surface area contributed by atoms with Gasteiger partial charge < -0.3 is 9.84 Å². The highest BCUT2D eigenvalue weighted by Crippen LogP contribution is 2.30. The molecule has 0 radical (unpaired) electrons. The van der Waals surface area contributed by atoms with E-state index in [1.807, 2.05) is 26.0 Å². The van der Waals surface area contributed by atoms with Gasteiger partial charge in [0, 0.05) is 17.9 Å². The van der Waals surface area contributed by atoms with Crippen LogP contribution in [0.3, 0.4) is 0 Å². The van der Waals surface area contributed by atoms with Crippen molar-refractivity contribution in [3.05, 3.63) is 48.0 Å². The van der Waals surface area contributed by atoms with Crippen LogP contribution in [-0.2, 0) is 9.53 Å². The van der Waals surface area contributed by atoms with Crippen molar-refractivity contribution in [2.24, 2.45) is 11.8 Å². The van der Waals surface area contributed by atoms with Crippen LogP contribution >= 0.6 is 0 Å². The first-order valence-corrected chi connectivity index (χ1v) is 8.44. The lowest BCUT2D eigenvalue weighted by Crippen LogP contribution is -2.50. The lowest BCUT2D eigenvalue weighted by molar-refractivity contribution is -0.153. The molecule has 24 heavy (non-hydrogen) atoms. The van der Waals surface area contributed by atoms with Gasteiger partial charge in [0.1, 0.15) is 0 Å². The molecule has 1 N–H and O–H groups in total. The van der Waals surface area contributed by atoms with Gasteiger partial charge in [-0.2, -0.15) is 0 Å². The molecule has 0 saturated heterocycles. The van der Waals surface area contributed by atoms with Gasteiger partial charge in [0.15, 0.2) is 17.2 Å². The summed E-state index contributed by atoms with van der Waals surface area (Å²) in [4.78, 5) is 24.6. The van der Waals surface area contributed by atoms with E-state index in [0.29, 0.717) is 12.0 Å². The Kier molecular flexibility index (Phi) is 6.08. The van der Waals surface area contributed by atoms with Gasteiger partial charge in [-0.15, -0.1) is 0 Å². The number of carbonyl (C=O) groups excluding carboxylic acids is 2. The molecule has 0 unspecified atom stereocenters. The van der Waals surface area contributed by atoms with E-state index >= 15 is 0 Å². The second-order valence-corrected chi connectivity index (χ2v) is 6.84. The van der Waals surface area contributed by atoms with Crippen LogP contribution in [0.15, 0.2) is 42.5 Å². The van der Waals surface area contributed by atoms with Gasteiger partial charge in [-0.1, -0.05) is 56.3 Å². The van der Waals surface area contributed by atoms with Crippen LogP contribution in [0.2, 0.25) is 0 Å². The Morgan fingerprint density at radius 2 is 1.96 bits per heavy atom. The SMILES string of the molecule is CC(=O)[C@@]1(O)CO[C@@H](C(C)C)C/C=C\[C@@H]1CC(=O)c1ccccc1. The van der Waals surface area contributed by atoms with Crippen molar-refractivity contribution < 1.29 is 19.4 Å². The summed E-state index contributed by atoms with van der Waals surface area (Å²) in [5.41, 5.74) is -1.09. The molecule has 0 fully saturated rings. The highest BCUT2D eigenvalue weighted by Gasteiger charge is 2.42. The Morgan fingerprint density at radius 3 is 2.54 bits per heavy atom. The van der Waals surface area contributed by atoms with Crippen LogP contribution in [0.5, 0.6) is 0 Å². The summed E-state index contributed by atoms with van der Waals surface area (Å²) in [6.07, 6.45) is 4.47. The quantitative estimate of drug-likeness (QED) is 0.665. The fraction of sp³-hybridized carbons (Fsp3) is 0.500. The molecule has 3 atom stereocenters. The summed E-state index contributed by atoms with van der Waals surface area (Å²) >= 11 is 0. The maximum atomic E-state index is 12.5. The van der Waals surface area contributed by atoms with Gasteiger partial charge in [-0.05, 0) is 19.3 Å². The summed E-state index contributed by atoms with van der Waals surface area (Å²) in [5, 5.41) is 10.9. The van der Waals surface area contributed by atoms with Gasteiger partial charge in [-0.25, -0.2) is 0 Å². The molecule has 0 bridgehead atoms. The third-order valence-corrected chi connectivity index (χ3v) is 4.72. The number of rotatable bonds is 5. The van der Waals surface area contributed by atoms with E-state index in [0.717, 1.165) is 0 Å². The molecule has 1 aromatic carbocycles. The molecule has 2 rings (SSSR count). The zero-order valence-electron chi connectivity index (χ0n) is 14.6. The molecular formula is C20H26O4. The van der Waals surface area contributed by atoms with Crippen LogP contribution in [0.1, 0.15) is 44.0 Å². The second-order valence-electron chi connectivity index (χ2n) is 6.84. The Labute approximate surface area is 143 Å². The number of aliphatic hydroxyl groups is 1. The van der Waals surface area contributed by atoms with Crippen LogP contribution < -0.4 is 0 Å². The van der Waals surface area contributed by atoms with E-state index < -0.39 is 11.5 Å². The normalized spacial score (nSPS) is 28.9. The zero-order chi connectivity index (χ0) is 17.7. The molecule has 0 aromatic heterocycles. The van der Waals surface area contributed by atoms with Crippen molar-refractivity contribution in [3.8, 4) is 0 Å². The van der Waals surface area contributed by atoms with Crippen LogP contribution in [0, 0.1) is 11.8 Å². The molecule has 4 heteroatoms. The molecule has 0 saturated carbocycles. The number of hydrogen-bond acceptors (Lipinski definition) is 4. The number of hydrogen-bond donors (Lipinski definition) is 1. The first-order chi connectivity index (χ1) is 11.3. The van der Waals surface area contributed by atoms with Crippen molar-refractivity contribution in [3.63, 3.8) is 0 Å². The topological polar surface area (TPSA) is 63.6 Å². The fourth-order valence-corrected chi connectivity index (χ4v) is 2.95. The Balaban J connectivity index is 2.24. The summed E-state index contributed by atoms with van der Waals surface area (Å²) < 4.78 is 5.81. The minimum Gasteiger partial charge on any atom is -0.379 e. The molecule has 1 aliphatic heterocycles. The fourth-order valence-electron chi connectivity index (χ4n) is 2.95. The third kappa shape index (κ3) is 4.19. The zero-order valence-corrected chi connectivity index (χ0v) is 14.6. The number of benzene rings is 1. The van der Waals surface area contributed by atoms with Crippen molar-refractivity contribution in [1.29, 1.82) is 0 Å². The molecule has 0 spiro atoms. The first-order valence-electron chi connectivity index (χ1n) is 8.44. The van der Waals surface area contributed by atoms with Crippen LogP contribution in [0.25, 0.3) is 0 Å². The van der Waals surface area contributed by atoms with E-state index in [2.05, 4.69) is 0 Å². The minimum absolute atomic E-state index is 0.0436. The smallest absolute Gasteiger partial charge is 0.164 e. The van der Waals surface area contributed by atoms with Gasteiger partial charge >= 0.3 is 0 Å². The highest BCUT2D eigenvalue weighted by molar-refractivity contribution is 5.97. The monoisotopic (exact) mass is 330 g/mol. The van der Waals surface area contributed by atoms with Gasteiger partial charge in [0.2, 0.25) is 0 Å². The van der Waals surface area contributed by atoms with Crippen LogP contribution in [-0.4, -0.2) is 35.0 Å². The molecule has 0 aliphatic carbocycles. The van der Waals surface area contributed by atoms with Crippen LogP contribution in [0.4, 0.5) is 0 Å². The molecule has 4 nitrogen and oxygen atoms in total. The average molecular weight is 330 g/mol. The van der Waals surface area contributed by atoms with Crippen molar-refractivity contribution in [2.45, 2.75) is 45.3 Å². The van der Waals surface area contributed by atoms with Gasteiger partial charge in [0.25, 0.3) is 0 Å². The molecule has 0 amide bonds. The highest BCUT2D eigenvalue weighted by atomic mass is 16.5. The third-order valence-electron chi connectivity index (χ3n) is 4.72. The predicted molar refractivity (Wildman–Crippen MR) is 92.8 cm³/mol. The summed E-state index contributed by atoms with van der Waals surface area (Å²) in [5.74, 6) is -0.766. The number of carbonyl (C=O) groups is 2. The molecular weight excluding hydrogens is 304 g/mol. The summed E-state index contributed by atoms with van der Waals surface area (Å²) in [6.45, 7) is 5.36. The second kappa shape index (κ2) is 7.86. The Morgan fingerprint density at radius 1 is 1.29 bits per heavy atom. The molecule has 130 valence electrons. The predicted octanol–water partition coefficient (Wildman–Crippen LogP) is 3.20. The standard InChI is InChI=1S/C20H26O4/c1-14(2)19-11-7-10-17(20(23,13-24-19)15(3)21)12-18(22)16-8-5-4-6-9-16/h4-10,14,17,19,23H,11-13H2,1-3H3/b10-7-/t17-,19-,20+/m1/s1. The van der Waals surface area contributed by atoms with E-state index in [1.54, 1.807) is 30.3 Å². The summed E-state index contributed by atoms with van der Waals surface area (Å²) in [7, 11) is 0. The lowest BCUT2D eigenvalue weighted by Gasteiger charge is -2.35. The lowest BCUT2D eigenvalue weighted by atomic mass is 9.79. The molecule has 1 heterocycles.